The molecule has 2 aromatic heterocycles. The summed E-state index contributed by atoms with van der Waals surface area (Å²) in [5, 5.41) is 4.22. The summed E-state index contributed by atoms with van der Waals surface area (Å²) in [6.45, 7) is 3.40. The molecule has 0 saturated heterocycles. The lowest BCUT2D eigenvalue weighted by Gasteiger charge is -2.29. The van der Waals surface area contributed by atoms with Crippen molar-refractivity contribution in [1.29, 1.82) is 0 Å². The smallest absolute Gasteiger partial charge is 0.267 e. The number of pyridine rings is 1. The summed E-state index contributed by atoms with van der Waals surface area (Å²) >= 11 is 5.87. The van der Waals surface area contributed by atoms with Crippen molar-refractivity contribution in [2.24, 2.45) is 5.73 Å². The maximum absolute atomic E-state index is 14.5. The number of fused-ring (bicyclic) bond motifs is 1. The number of rotatable bonds is 4. The van der Waals surface area contributed by atoms with E-state index in [0.29, 0.717) is 59.6 Å². The van der Waals surface area contributed by atoms with E-state index in [4.69, 9.17) is 21.9 Å². The van der Waals surface area contributed by atoms with Gasteiger partial charge in [0.15, 0.2) is 5.82 Å². The lowest BCUT2D eigenvalue weighted by atomic mass is 9.93. The quantitative estimate of drug-likeness (QED) is 0.721. The van der Waals surface area contributed by atoms with Crippen LogP contribution in [0.15, 0.2) is 28.8 Å². The minimum atomic E-state index is -0.663. The van der Waals surface area contributed by atoms with Crippen LogP contribution in [-0.2, 0) is 19.5 Å². The summed E-state index contributed by atoms with van der Waals surface area (Å²) in [7, 11) is 0. The van der Waals surface area contributed by atoms with Crippen molar-refractivity contribution in [3.05, 3.63) is 63.8 Å². The Bertz CT molecular complexity index is 1070. The van der Waals surface area contributed by atoms with Crippen LogP contribution in [0.4, 0.5) is 4.39 Å². The standard InChI is InChI=1S/C19H17ClFN5O2/c1-10-23-18(25-28-10)9-26-5-4-13-14(12-3-2-11(20)6-15(12)21)7-16(19(22)27)24-17(13)8-26/h2-3,6-7H,4-5,8-9H2,1H3,(H2,22,27). The minimum absolute atomic E-state index is 0.0976. The first-order valence-electron chi connectivity index (χ1n) is 8.70. The van der Waals surface area contributed by atoms with E-state index in [1.165, 1.54) is 6.07 Å². The predicted molar refractivity (Wildman–Crippen MR) is 100 cm³/mol. The molecule has 3 aromatic rings. The van der Waals surface area contributed by atoms with Crippen LogP contribution in [0, 0.1) is 12.7 Å². The van der Waals surface area contributed by atoms with Crippen LogP contribution in [0.1, 0.15) is 33.5 Å². The zero-order valence-electron chi connectivity index (χ0n) is 15.1. The summed E-state index contributed by atoms with van der Waals surface area (Å²) < 4.78 is 19.6. The molecule has 2 N–H and O–H groups in total. The highest BCUT2D eigenvalue weighted by Crippen LogP contribution is 2.33. The van der Waals surface area contributed by atoms with Gasteiger partial charge in [0.25, 0.3) is 5.91 Å². The van der Waals surface area contributed by atoms with Crippen LogP contribution < -0.4 is 5.73 Å². The Labute approximate surface area is 165 Å². The fourth-order valence-corrected chi connectivity index (χ4v) is 3.57. The maximum Gasteiger partial charge on any atom is 0.267 e. The maximum atomic E-state index is 14.5. The van der Waals surface area contributed by atoms with Crippen molar-refractivity contribution in [3.63, 3.8) is 0 Å². The Morgan fingerprint density at radius 3 is 2.82 bits per heavy atom. The number of nitrogens with zero attached hydrogens (tertiary/aromatic N) is 4. The number of hydrogen-bond donors (Lipinski definition) is 1. The number of aryl methyl sites for hydroxylation is 1. The molecule has 144 valence electrons. The molecule has 4 rings (SSSR count). The summed E-state index contributed by atoms with van der Waals surface area (Å²) in [4.78, 5) is 22.5. The molecule has 0 spiro atoms. The minimum Gasteiger partial charge on any atom is -0.364 e. The second kappa shape index (κ2) is 7.29. The van der Waals surface area contributed by atoms with Gasteiger partial charge in [-0.05, 0) is 41.8 Å². The van der Waals surface area contributed by atoms with Crippen molar-refractivity contribution < 1.29 is 13.7 Å². The number of carbonyl (C=O) groups is 1. The van der Waals surface area contributed by atoms with Crippen molar-refractivity contribution >= 4 is 17.5 Å². The van der Waals surface area contributed by atoms with Gasteiger partial charge in [-0.2, -0.15) is 4.98 Å². The van der Waals surface area contributed by atoms with Crippen LogP contribution in [-0.4, -0.2) is 32.5 Å². The number of halogens is 2. The first-order valence-corrected chi connectivity index (χ1v) is 9.08. The zero-order chi connectivity index (χ0) is 19.8. The predicted octanol–water partition coefficient (Wildman–Crippen LogP) is 2.89. The molecule has 0 atom stereocenters. The molecule has 0 bridgehead atoms. The number of aromatic nitrogens is 3. The highest BCUT2D eigenvalue weighted by Gasteiger charge is 2.25. The molecule has 9 heteroatoms. The van der Waals surface area contributed by atoms with Gasteiger partial charge < -0.3 is 10.3 Å². The molecule has 1 aromatic carbocycles. The number of amides is 1. The van der Waals surface area contributed by atoms with Crippen molar-refractivity contribution in [2.75, 3.05) is 6.54 Å². The van der Waals surface area contributed by atoms with Crippen LogP contribution in [0.25, 0.3) is 11.1 Å². The third-order valence-electron chi connectivity index (χ3n) is 4.67. The van der Waals surface area contributed by atoms with E-state index >= 15 is 0 Å². The number of primary amides is 1. The topological polar surface area (TPSA) is 98.1 Å². The van der Waals surface area contributed by atoms with Gasteiger partial charge in [0, 0.05) is 30.6 Å². The Balaban J connectivity index is 1.73. The molecule has 1 aliphatic rings. The third-order valence-corrected chi connectivity index (χ3v) is 4.90. The first kappa shape index (κ1) is 18.5. The van der Waals surface area contributed by atoms with E-state index in [9.17, 15) is 9.18 Å². The second-order valence-electron chi connectivity index (χ2n) is 6.66. The van der Waals surface area contributed by atoms with Gasteiger partial charge in [-0.3, -0.25) is 9.69 Å². The Morgan fingerprint density at radius 2 is 2.14 bits per heavy atom. The molecular weight excluding hydrogens is 385 g/mol. The zero-order valence-corrected chi connectivity index (χ0v) is 15.8. The summed E-state index contributed by atoms with van der Waals surface area (Å²) in [5.74, 6) is -0.0385. The van der Waals surface area contributed by atoms with Crippen LogP contribution in [0.2, 0.25) is 5.02 Å². The highest BCUT2D eigenvalue weighted by atomic mass is 35.5. The largest absolute Gasteiger partial charge is 0.364 e. The lowest BCUT2D eigenvalue weighted by molar-refractivity contribution is 0.0994. The number of nitrogens with two attached hydrogens (primary N) is 1. The van der Waals surface area contributed by atoms with E-state index in [2.05, 4.69) is 20.0 Å². The van der Waals surface area contributed by atoms with Gasteiger partial charge in [0.2, 0.25) is 5.89 Å². The summed E-state index contributed by atoms with van der Waals surface area (Å²) in [6, 6.07) is 6.02. The van der Waals surface area contributed by atoms with Crippen LogP contribution >= 0.6 is 11.6 Å². The molecule has 0 saturated carbocycles. The van der Waals surface area contributed by atoms with Crippen LogP contribution in [0.5, 0.6) is 0 Å². The number of benzene rings is 1. The van der Waals surface area contributed by atoms with Gasteiger partial charge in [-0.25, -0.2) is 9.37 Å². The molecule has 0 fully saturated rings. The fourth-order valence-electron chi connectivity index (χ4n) is 3.41. The fraction of sp³-hybridized carbons (Fsp3) is 0.263. The molecule has 28 heavy (non-hydrogen) atoms. The van der Waals surface area contributed by atoms with E-state index in [-0.39, 0.29) is 5.69 Å². The van der Waals surface area contributed by atoms with Gasteiger partial charge >= 0.3 is 0 Å². The summed E-state index contributed by atoms with van der Waals surface area (Å²) in [5.41, 5.74) is 8.12. The molecule has 1 amide bonds. The number of carbonyl (C=O) groups excluding carboxylic acids is 1. The van der Waals surface area contributed by atoms with E-state index in [1.807, 2.05) is 0 Å². The van der Waals surface area contributed by atoms with Crippen molar-refractivity contribution in [1.82, 2.24) is 20.0 Å². The lowest BCUT2D eigenvalue weighted by Crippen LogP contribution is -2.32. The number of hydrogen-bond acceptors (Lipinski definition) is 6. The molecule has 1 aliphatic heterocycles. The first-order chi connectivity index (χ1) is 13.4. The van der Waals surface area contributed by atoms with Crippen LogP contribution in [0.3, 0.4) is 0 Å². The molecule has 3 heterocycles. The van der Waals surface area contributed by atoms with Gasteiger partial charge in [0.05, 0.1) is 12.2 Å². The molecule has 0 unspecified atom stereocenters. The van der Waals surface area contributed by atoms with E-state index in [0.717, 1.165) is 5.56 Å². The molecular formula is C19H17ClFN5O2. The van der Waals surface area contributed by atoms with Gasteiger partial charge in [-0.1, -0.05) is 16.8 Å². The molecule has 0 aliphatic carbocycles. The van der Waals surface area contributed by atoms with Gasteiger partial charge in [-0.15, -0.1) is 0 Å². The SMILES string of the molecule is Cc1nc(CN2CCc3c(-c4ccc(Cl)cc4F)cc(C(N)=O)nc3C2)no1. The average Bonchev–Trinajstić information content (AvgIpc) is 3.05. The Hall–Kier alpha value is -2.84. The molecule has 0 radical (unpaired) electrons. The van der Waals surface area contributed by atoms with Crippen molar-refractivity contribution in [2.45, 2.75) is 26.4 Å². The van der Waals surface area contributed by atoms with Crippen molar-refractivity contribution in [3.8, 4) is 11.1 Å². The summed E-state index contributed by atoms with van der Waals surface area (Å²) in [6.07, 6.45) is 0.635. The van der Waals surface area contributed by atoms with Gasteiger partial charge in [0.1, 0.15) is 11.5 Å². The van der Waals surface area contributed by atoms with E-state index < -0.39 is 11.7 Å². The third kappa shape index (κ3) is 3.61. The highest BCUT2D eigenvalue weighted by molar-refractivity contribution is 6.30. The molecule has 7 nitrogen and oxygen atoms in total. The Morgan fingerprint density at radius 1 is 1.32 bits per heavy atom. The Kier molecular flexibility index (Phi) is 4.82. The average molecular weight is 402 g/mol. The van der Waals surface area contributed by atoms with E-state index in [1.54, 1.807) is 25.1 Å². The monoisotopic (exact) mass is 401 g/mol. The second-order valence-corrected chi connectivity index (χ2v) is 7.10. The normalized spacial score (nSPS) is 14.1.